The maximum absolute atomic E-state index is 12.8. The molecule has 1 aromatic heterocycles. The number of carbonyl (C=O) groups is 1. The summed E-state index contributed by atoms with van der Waals surface area (Å²) in [6.45, 7) is 0. The molecule has 0 amide bonds. The number of ether oxygens (including phenoxy) is 1. The van der Waals surface area contributed by atoms with Crippen molar-refractivity contribution in [3.8, 4) is 22.9 Å². The molecule has 0 spiro atoms. The lowest BCUT2D eigenvalue weighted by Crippen LogP contribution is -2.46. The van der Waals surface area contributed by atoms with Crippen molar-refractivity contribution in [1.82, 2.24) is 4.57 Å². The molecular weight excluding hydrogens is 386 g/mol. The highest BCUT2D eigenvalue weighted by Gasteiger charge is 2.43. The number of nitrogens with zero attached hydrogens (tertiary/aromatic N) is 2. The van der Waals surface area contributed by atoms with Gasteiger partial charge in [0.2, 0.25) is 0 Å². The van der Waals surface area contributed by atoms with Gasteiger partial charge in [0.05, 0.1) is 40.6 Å². The standard InChI is InChI=1S/C17H10B5ClN2O4/c1-29-12-7-25(14(15(27)28)16(18,19)17(20,21)22)13(26)5-11(12)10-4-9(23)3-2-8(10)6-24/h2-5,7,14H,1H3,(H,27,28). The van der Waals surface area contributed by atoms with Gasteiger partial charge in [0.25, 0.3) is 5.56 Å². The minimum atomic E-state index is -2.43. The van der Waals surface area contributed by atoms with Gasteiger partial charge in [-0.15, -0.1) is 5.11 Å². The Labute approximate surface area is 179 Å². The first-order chi connectivity index (χ1) is 13.3. The van der Waals surface area contributed by atoms with E-state index in [2.05, 4.69) is 0 Å². The Kier molecular flexibility index (Phi) is 6.39. The van der Waals surface area contributed by atoms with Crippen molar-refractivity contribution in [3.05, 3.63) is 51.4 Å². The SMILES string of the molecule is [B]C([B])([B])C([B])([B])C(C(=O)O)n1cc(OC)c(-c2cc(Cl)ccc2C#N)cc1=O. The van der Waals surface area contributed by atoms with Crippen LogP contribution in [0.25, 0.3) is 11.1 Å². The number of pyridine rings is 1. The summed E-state index contributed by atoms with van der Waals surface area (Å²) in [6.07, 6.45) is 1.07. The van der Waals surface area contributed by atoms with Crippen molar-refractivity contribution in [1.29, 1.82) is 5.26 Å². The number of hydrogen-bond donors (Lipinski definition) is 1. The van der Waals surface area contributed by atoms with Crippen LogP contribution in [0.5, 0.6) is 5.75 Å². The van der Waals surface area contributed by atoms with Crippen molar-refractivity contribution in [2.75, 3.05) is 7.11 Å². The second-order valence-corrected chi connectivity index (χ2v) is 6.85. The Balaban J connectivity index is 2.80. The van der Waals surface area contributed by atoms with Crippen LogP contribution in [0.1, 0.15) is 11.6 Å². The lowest BCUT2D eigenvalue weighted by molar-refractivity contribution is -0.141. The van der Waals surface area contributed by atoms with Crippen LogP contribution in [-0.4, -0.2) is 62.0 Å². The van der Waals surface area contributed by atoms with Crippen LogP contribution in [0.3, 0.4) is 0 Å². The van der Waals surface area contributed by atoms with E-state index in [1.54, 1.807) is 0 Å². The van der Waals surface area contributed by atoms with Gasteiger partial charge in [0.1, 0.15) is 11.8 Å². The quantitative estimate of drug-likeness (QED) is 0.727. The molecule has 1 atom stereocenters. The Morgan fingerprint density at radius 1 is 1.24 bits per heavy atom. The Morgan fingerprint density at radius 2 is 1.86 bits per heavy atom. The highest BCUT2D eigenvalue weighted by molar-refractivity contribution is 6.67. The molecule has 1 N–H and O–H groups in total. The molecule has 12 heteroatoms. The van der Waals surface area contributed by atoms with Gasteiger partial charge in [0.15, 0.2) is 0 Å². The first kappa shape index (κ1) is 22.8. The number of benzene rings is 1. The Bertz CT molecular complexity index is 1060. The van der Waals surface area contributed by atoms with E-state index in [4.69, 9.17) is 55.6 Å². The van der Waals surface area contributed by atoms with Gasteiger partial charge < -0.3 is 9.84 Å². The van der Waals surface area contributed by atoms with Crippen LogP contribution < -0.4 is 10.3 Å². The molecular formula is C17H10B5ClN2O4. The molecule has 0 aliphatic carbocycles. The molecule has 2 rings (SSSR count). The number of aromatic nitrogens is 1. The summed E-state index contributed by atoms with van der Waals surface area (Å²) in [4.78, 5) is 24.6. The summed E-state index contributed by atoms with van der Waals surface area (Å²) in [5, 5.41) is 14.5. The second kappa shape index (κ2) is 8.12. The lowest BCUT2D eigenvalue weighted by Gasteiger charge is -2.46. The number of carboxylic acids is 1. The third-order valence-electron chi connectivity index (χ3n) is 4.37. The van der Waals surface area contributed by atoms with Gasteiger partial charge in [-0.25, -0.2) is 0 Å². The zero-order valence-electron chi connectivity index (χ0n) is 15.3. The molecule has 0 saturated carbocycles. The third-order valence-corrected chi connectivity index (χ3v) is 4.61. The first-order valence-corrected chi connectivity index (χ1v) is 8.40. The van der Waals surface area contributed by atoms with Gasteiger partial charge in [-0.3, -0.25) is 14.2 Å². The van der Waals surface area contributed by atoms with E-state index in [-0.39, 0.29) is 16.9 Å². The molecule has 0 fully saturated rings. The van der Waals surface area contributed by atoms with Gasteiger partial charge in [-0.1, -0.05) is 16.8 Å². The molecule has 0 saturated heterocycles. The summed E-state index contributed by atoms with van der Waals surface area (Å²) in [5.74, 6) is -1.56. The normalized spacial score (nSPS) is 12.7. The van der Waals surface area contributed by atoms with E-state index >= 15 is 0 Å². The summed E-state index contributed by atoms with van der Waals surface area (Å²) in [6, 6.07) is 5.56. The van der Waals surface area contributed by atoms with Crippen LogP contribution in [-0.2, 0) is 4.79 Å². The summed E-state index contributed by atoms with van der Waals surface area (Å²) >= 11 is 6.01. The summed E-state index contributed by atoms with van der Waals surface area (Å²) in [5.41, 5.74) is -0.0974. The van der Waals surface area contributed by atoms with Gasteiger partial charge in [-0.2, -0.15) is 5.26 Å². The second-order valence-electron chi connectivity index (χ2n) is 6.41. The van der Waals surface area contributed by atoms with Crippen LogP contribution in [0.15, 0.2) is 35.3 Å². The van der Waals surface area contributed by atoms with Crippen molar-refractivity contribution >= 4 is 56.8 Å². The maximum Gasteiger partial charge on any atom is 0.325 e. The van der Waals surface area contributed by atoms with Crippen molar-refractivity contribution < 1.29 is 14.6 Å². The van der Waals surface area contributed by atoms with E-state index in [1.165, 1.54) is 25.3 Å². The molecule has 6 nitrogen and oxygen atoms in total. The fourth-order valence-corrected chi connectivity index (χ4v) is 2.90. The zero-order valence-corrected chi connectivity index (χ0v) is 16.1. The number of rotatable bonds is 6. The van der Waals surface area contributed by atoms with Crippen molar-refractivity contribution in [2.24, 2.45) is 0 Å². The van der Waals surface area contributed by atoms with Gasteiger partial charge in [-0.05, 0) is 18.2 Å². The van der Waals surface area contributed by atoms with Crippen LogP contribution in [0.4, 0.5) is 0 Å². The van der Waals surface area contributed by atoms with Gasteiger partial charge in [0, 0.05) is 45.8 Å². The van der Waals surface area contributed by atoms with Crippen molar-refractivity contribution in [3.63, 3.8) is 0 Å². The predicted molar refractivity (Wildman–Crippen MR) is 113 cm³/mol. The molecule has 10 radical (unpaired) electrons. The lowest BCUT2D eigenvalue weighted by atomic mass is 9.21. The fourth-order valence-electron chi connectivity index (χ4n) is 2.73. The molecule has 2 aromatic rings. The average molecular weight is 396 g/mol. The highest BCUT2D eigenvalue weighted by Crippen LogP contribution is 2.48. The number of carboxylic acid groups (broad SMARTS) is 1. The van der Waals surface area contributed by atoms with E-state index < -0.39 is 27.9 Å². The van der Waals surface area contributed by atoms with Crippen LogP contribution in [0, 0.1) is 11.3 Å². The van der Waals surface area contributed by atoms with Crippen molar-refractivity contribution in [2.45, 2.75) is 16.4 Å². The number of halogens is 1. The highest BCUT2D eigenvalue weighted by atomic mass is 35.5. The maximum atomic E-state index is 12.8. The molecule has 134 valence electrons. The van der Waals surface area contributed by atoms with Gasteiger partial charge >= 0.3 is 5.97 Å². The van der Waals surface area contributed by atoms with E-state index in [0.29, 0.717) is 15.2 Å². The fraction of sp³-hybridized carbons (Fsp3) is 0.235. The monoisotopic (exact) mass is 396 g/mol. The number of nitriles is 1. The minimum Gasteiger partial charge on any atom is -0.495 e. The van der Waals surface area contributed by atoms with E-state index in [9.17, 15) is 20.0 Å². The summed E-state index contributed by atoms with van der Waals surface area (Å²) < 4.78 is 5.98. The molecule has 1 unspecified atom stereocenters. The molecule has 1 aromatic carbocycles. The van der Waals surface area contributed by atoms with Crippen LogP contribution >= 0.6 is 11.6 Å². The number of aliphatic carboxylic acids is 1. The Morgan fingerprint density at radius 3 is 2.34 bits per heavy atom. The average Bonchev–Trinajstić information content (AvgIpc) is 2.61. The predicted octanol–water partition coefficient (Wildman–Crippen LogP) is 0.707. The first-order valence-electron chi connectivity index (χ1n) is 8.02. The smallest absolute Gasteiger partial charge is 0.325 e. The molecule has 1 heterocycles. The van der Waals surface area contributed by atoms with Crippen LogP contribution in [0.2, 0.25) is 15.3 Å². The van der Waals surface area contributed by atoms with E-state index in [1.807, 2.05) is 6.07 Å². The Hall–Kier alpha value is -2.46. The summed E-state index contributed by atoms with van der Waals surface area (Å²) in [7, 11) is 29.5. The largest absolute Gasteiger partial charge is 0.495 e. The third kappa shape index (κ3) is 4.28. The topological polar surface area (TPSA) is 92.3 Å². The number of hydrogen-bond acceptors (Lipinski definition) is 4. The molecule has 0 aliphatic rings. The molecule has 0 bridgehead atoms. The molecule has 0 aliphatic heterocycles. The minimum absolute atomic E-state index is 0.0436. The van der Waals surface area contributed by atoms with E-state index in [0.717, 1.165) is 12.3 Å². The zero-order chi connectivity index (χ0) is 22.1. The molecule has 29 heavy (non-hydrogen) atoms. The number of methoxy groups -OCH3 is 1.